The zero-order chi connectivity index (χ0) is 7.68. The summed E-state index contributed by atoms with van der Waals surface area (Å²) in [6.07, 6.45) is 2.52. The summed E-state index contributed by atoms with van der Waals surface area (Å²) in [6, 6.07) is 2.13. The van der Waals surface area contributed by atoms with Gasteiger partial charge in [0.25, 0.3) is 0 Å². The minimum atomic E-state index is 0.671. The molecule has 3 heteroatoms. The number of nitrogens with zero attached hydrogens (tertiary/aromatic N) is 1. The second-order valence-corrected chi connectivity index (χ2v) is 2.68. The lowest BCUT2D eigenvalue weighted by Crippen LogP contribution is -2.13. The van der Waals surface area contributed by atoms with Gasteiger partial charge in [0.1, 0.15) is 0 Å². The third-order valence-corrected chi connectivity index (χ3v) is 1.92. The molecule has 3 nitrogen and oxygen atoms in total. The molecule has 56 valence electrons. The van der Waals surface area contributed by atoms with E-state index < -0.39 is 0 Å². The van der Waals surface area contributed by atoms with Gasteiger partial charge in [-0.1, -0.05) is 0 Å². The molecule has 0 spiro atoms. The van der Waals surface area contributed by atoms with Gasteiger partial charge in [0.2, 0.25) is 0 Å². The molecule has 0 bridgehead atoms. The van der Waals surface area contributed by atoms with Crippen molar-refractivity contribution in [1.29, 1.82) is 5.26 Å². The third-order valence-electron chi connectivity index (χ3n) is 1.92. The molecule has 0 aliphatic carbocycles. The van der Waals surface area contributed by atoms with Crippen LogP contribution < -0.4 is 5.32 Å². The smallest absolute Gasteiger partial charge is 0.0965 e. The molecule has 0 aromatic heterocycles. The van der Waals surface area contributed by atoms with Crippen molar-refractivity contribution < 1.29 is 4.74 Å². The average Bonchev–Trinajstić information content (AvgIpc) is 2.50. The summed E-state index contributed by atoms with van der Waals surface area (Å²) in [5.41, 5.74) is 3.15. The summed E-state index contributed by atoms with van der Waals surface area (Å²) in [5.74, 6) is 0. The van der Waals surface area contributed by atoms with Gasteiger partial charge in [0, 0.05) is 23.9 Å². The van der Waals surface area contributed by atoms with Crippen molar-refractivity contribution in [3.05, 3.63) is 23.0 Å². The van der Waals surface area contributed by atoms with E-state index in [2.05, 4.69) is 11.4 Å². The van der Waals surface area contributed by atoms with Crippen LogP contribution in [-0.2, 0) is 4.74 Å². The molecule has 2 rings (SSSR count). The highest BCUT2D eigenvalue weighted by Gasteiger charge is 2.18. The number of dihydropyridines is 1. The van der Waals surface area contributed by atoms with Gasteiger partial charge in [-0.2, -0.15) is 5.26 Å². The van der Waals surface area contributed by atoms with E-state index >= 15 is 0 Å². The number of rotatable bonds is 0. The van der Waals surface area contributed by atoms with E-state index in [0.29, 0.717) is 13.2 Å². The number of hydrogen-bond acceptors (Lipinski definition) is 3. The molecule has 1 N–H and O–H groups in total. The predicted molar refractivity (Wildman–Crippen MR) is 39.3 cm³/mol. The number of hydrogen-bond donors (Lipinski definition) is 1. The van der Waals surface area contributed by atoms with Crippen molar-refractivity contribution in [2.45, 2.75) is 6.42 Å². The normalized spacial score (nSPS) is 21.9. The molecular formula is C8H8N2O. The van der Waals surface area contributed by atoms with Crippen LogP contribution in [-0.4, -0.2) is 13.2 Å². The van der Waals surface area contributed by atoms with E-state index in [1.54, 1.807) is 6.20 Å². The highest BCUT2D eigenvalue weighted by Crippen LogP contribution is 2.22. The zero-order valence-corrected chi connectivity index (χ0v) is 6.05. The molecule has 0 radical (unpaired) electrons. The molecule has 11 heavy (non-hydrogen) atoms. The molecule has 0 fully saturated rings. The van der Waals surface area contributed by atoms with Crippen molar-refractivity contribution in [1.82, 2.24) is 5.32 Å². The Morgan fingerprint density at radius 3 is 3.27 bits per heavy atom. The summed E-state index contributed by atoms with van der Waals surface area (Å²) < 4.78 is 5.20. The molecule has 0 amide bonds. The van der Waals surface area contributed by atoms with E-state index in [0.717, 1.165) is 17.7 Å². The second-order valence-electron chi connectivity index (χ2n) is 2.68. The predicted octanol–water partition coefficient (Wildman–Crippen LogP) is 0.671. The summed E-state index contributed by atoms with van der Waals surface area (Å²) in [7, 11) is 0. The van der Waals surface area contributed by atoms with Crippen LogP contribution in [0.5, 0.6) is 0 Å². The molecule has 0 aromatic rings. The lowest BCUT2D eigenvalue weighted by atomic mass is 10.0. The molecular weight excluding hydrogens is 140 g/mol. The Hall–Kier alpha value is -1.27. The Kier molecular flexibility index (Phi) is 1.41. The lowest BCUT2D eigenvalue weighted by molar-refractivity contribution is 0.202. The number of allylic oxidation sites excluding steroid dienone is 1. The summed E-state index contributed by atoms with van der Waals surface area (Å²) >= 11 is 0. The van der Waals surface area contributed by atoms with E-state index in [9.17, 15) is 0 Å². The highest BCUT2D eigenvalue weighted by molar-refractivity contribution is 5.36. The number of nitrogens with one attached hydrogen (secondary N) is 1. The fourth-order valence-corrected chi connectivity index (χ4v) is 1.29. The van der Waals surface area contributed by atoms with Gasteiger partial charge in [-0.05, 0) is 5.57 Å². The van der Waals surface area contributed by atoms with Crippen LogP contribution >= 0.6 is 0 Å². The summed E-state index contributed by atoms with van der Waals surface area (Å²) in [6.45, 7) is 1.35. The second kappa shape index (κ2) is 2.40. The van der Waals surface area contributed by atoms with Crippen LogP contribution in [0.15, 0.2) is 23.0 Å². The zero-order valence-electron chi connectivity index (χ0n) is 6.05. The van der Waals surface area contributed by atoms with Crippen molar-refractivity contribution in [3.63, 3.8) is 0 Å². The van der Waals surface area contributed by atoms with Crippen LogP contribution in [0.3, 0.4) is 0 Å². The van der Waals surface area contributed by atoms with Gasteiger partial charge in [-0.25, -0.2) is 0 Å². The van der Waals surface area contributed by atoms with Gasteiger partial charge >= 0.3 is 0 Å². The van der Waals surface area contributed by atoms with Crippen molar-refractivity contribution >= 4 is 0 Å². The van der Waals surface area contributed by atoms with E-state index in [-0.39, 0.29) is 0 Å². The summed E-state index contributed by atoms with van der Waals surface area (Å²) in [4.78, 5) is 0. The Bertz CT molecular complexity index is 283. The molecule has 0 unspecified atom stereocenters. The SMILES string of the molecule is N#CC1=CNC2=C(COC2)C1. The fraction of sp³-hybridized carbons (Fsp3) is 0.375. The maximum Gasteiger partial charge on any atom is 0.0965 e. The Morgan fingerprint density at radius 1 is 1.55 bits per heavy atom. The van der Waals surface area contributed by atoms with Crippen LogP contribution in [0, 0.1) is 11.3 Å². The topological polar surface area (TPSA) is 45.0 Å². The van der Waals surface area contributed by atoms with Gasteiger partial charge in [0.05, 0.1) is 19.3 Å². The lowest BCUT2D eigenvalue weighted by Gasteiger charge is -2.10. The Labute approximate surface area is 65.0 Å². The van der Waals surface area contributed by atoms with Gasteiger partial charge in [-0.3, -0.25) is 0 Å². The van der Waals surface area contributed by atoms with Crippen molar-refractivity contribution in [2.75, 3.05) is 13.2 Å². The van der Waals surface area contributed by atoms with Gasteiger partial charge in [-0.15, -0.1) is 0 Å². The Morgan fingerprint density at radius 2 is 2.45 bits per heavy atom. The molecule has 0 atom stereocenters. The minimum absolute atomic E-state index is 0.671. The number of nitriles is 1. The summed E-state index contributed by atoms with van der Waals surface area (Å²) in [5, 5.41) is 11.6. The molecule has 2 aliphatic heterocycles. The standard InChI is InChI=1S/C8H8N2O/c9-2-6-1-7-4-11-5-8(7)10-3-6/h3,10H,1,4-5H2. The van der Waals surface area contributed by atoms with Crippen LogP contribution in [0.25, 0.3) is 0 Å². The monoisotopic (exact) mass is 148 g/mol. The molecule has 0 saturated heterocycles. The Balaban J connectivity index is 2.18. The third kappa shape index (κ3) is 1.02. The largest absolute Gasteiger partial charge is 0.371 e. The minimum Gasteiger partial charge on any atom is -0.371 e. The quantitative estimate of drug-likeness (QED) is 0.549. The first-order chi connectivity index (χ1) is 5.40. The average molecular weight is 148 g/mol. The highest BCUT2D eigenvalue weighted by atomic mass is 16.5. The van der Waals surface area contributed by atoms with Crippen LogP contribution in [0.4, 0.5) is 0 Å². The van der Waals surface area contributed by atoms with Crippen molar-refractivity contribution in [2.24, 2.45) is 0 Å². The van der Waals surface area contributed by atoms with E-state index in [1.807, 2.05) is 0 Å². The van der Waals surface area contributed by atoms with Gasteiger partial charge in [0.15, 0.2) is 0 Å². The number of ether oxygens (including phenoxy) is 1. The van der Waals surface area contributed by atoms with E-state index in [1.165, 1.54) is 5.57 Å². The van der Waals surface area contributed by atoms with E-state index in [4.69, 9.17) is 10.00 Å². The van der Waals surface area contributed by atoms with Crippen LogP contribution in [0.1, 0.15) is 6.42 Å². The fourth-order valence-electron chi connectivity index (χ4n) is 1.29. The molecule has 0 saturated carbocycles. The first kappa shape index (κ1) is 6.44. The maximum absolute atomic E-state index is 8.59. The van der Waals surface area contributed by atoms with Crippen molar-refractivity contribution in [3.8, 4) is 6.07 Å². The molecule has 2 heterocycles. The first-order valence-corrected chi connectivity index (χ1v) is 3.54. The molecule has 2 aliphatic rings. The van der Waals surface area contributed by atoms with Crippen LogP contribution in [0.2, 0.25) is 0 Å². The maximum atomic E-state index is 8.59. The van der Waals surface area contributed by atoms with Gasteiger partial charge < -0.3 is 10.1 Å². The first-order valence-electron chi connectivity index (χ1n) is 3.54. The molecule has 0 aromatic carbocycles.